The lowest BCUT2D eigenvalue weighted by atomic mass is 9.86. The summed E-state index contributed by atoms with van der Waals surface area (Å²) in [6, 6.07) is 16.2. The summed E-state index contributed by atoms with van der Waals surface area (Å²) in [5, 5.41) is 0. The van der Waals surface area contributed by atoms with E-state index >= 15 is 0 Å². The molecule has 198 valence electrons. The molecule has 0 bridgehead atoms. The molecule has 0 spiro atoms. The fourth-order valence-electron chi connectivity index (χ4n) is 4.97. The van der Waals surface area contributed by atoms with Crippen LogP contribution in [0.3, 0.4) is 0 Å². The summed E-state index contributed by atoms with van der Waals surface area (Å²) >= 11 is 0. The topological polar surface area (TPSA) is 57.2 Å². The molecule has 0 saturated heterocycles. The molecular weight excluding hydrogens is 478 g/mol. The molecule has 2 aliphatic rings. The molecule has 0 N–H and O–H groups in total. The van der Waals surface area contributed by atoms with Gasteiger partial charge in [-0.1, -0.05) is 51.1 Å². The minimum absolute atomic E-state index is 0.0725. The lowest BCUT2D eigenvalue weighted by Gasteiger charge is -2.30. The molecule has 0 atom stereocenters. The number of aryl methyl sites for hydroxylation is 1. The van der Waals surface area contributed by atoms with Crippen LogP contribution in [-0.2, 0) is 18.4 Å². The number of ether oxygens (including phenoxy) is 4. The van der Waals surface area contributed by atoms with Crippen molar-refractivity contribution in [2.45, 2.75) is 46.1 Å². The summed E-state index contributed by atoms with van der Waals surface area (Å²) in [5.41, 5.74) is 5.83. The second kappa shape index (κ2) is 10.2. The van der Waals surface area contributed by atoms with Crippen molar-refractivity contribution >= 4 is 11.9 Å². The Hall–Kier alpha value is -3.77. The van der Waals surface area contributed by atoms with Crippen LogP contribution in [0.5, 0.6) is 23.0 Å². The van der Waals surface area contributed by atoms with Crippen molar-refractivity contribution in [1.82, 2.24) is 4.90 Å². The van der Waals surface area contributed by atoms with Gasteiger partial charge in [0.05, 0.1) is 25.3 Å². The van der Waals surface area contributed by atoms with Gasteiger partial charge in [0, 0.05) is 13.1 Å². The third-order valence-electron chi connectivity index (χ3n) is 7.23. The van der Waals surface area contributed by atoms with Gasteiger partial charge in [-0.2, -0.15) is 0 Å². The average molecular weight is 514 g/mol. The van der Waals surface area contributed by atoms with Crippen molar-refractivity contribution in [2.75, 3.05) is 27.5 Å². The molecule has 0 amide bonds. The molecule has 3 aromatic carbocycles. The van der Waals surface area contributed by atoms with Crippen LogP contribution >= 0.6 is 0 Å². The Morgan fingerprint density at radius 2 is 1.74 bits per heavy atom. The maximum absolute atomic E-state index is 13.4. The lowest BCUT2D eigenvalue weighted by molar-refractivity contribution is 0.0949. The number of Topliss-reactive ketones (excluding diaryl/α,β-unsaturated/α-hetero) is 1. The maximum Gasteiger partial charge on any atom is 0.232 e. The molecule has 0 aromatic heterocycles. The van der Waals surface area contributed by atoms with Crippen LogP contribution < -0.4 is 18.9 Å². The number of rotatable bonds is 6. The molecule has 6 nitrogen and oxygen atoms in total. The Bertz CT molecular complexity index is 1400. The standard InChI is InChI=1S/C32H35NO5/c1-20-15-26-24(18-33(19-37-26)14-13-22-9-12-25(35-5)27(16-22)36-6)31-29(20)30(34)28(38-31)17-21-7-10-23(11-8-21)32(2,3)4/h7-12,15-17H,13-14,18-19H2,1-6H3/b28-17+. The van der Waals surface area contributed by atoms with Crippen molar-refractivity contribution in [3.63, 3.8) is 0 Å². The number of fused-ring (bicyclic) bond motifs is 3. The molecule has 38 heavy (non-hydrogen) atoms. The molecule has 0 aliphatic carbocycles. The van der Waals surface area contributed by atoms with Crippen LogP contribution in [0.2, 0.25) is 0 Å². The third kappa shape index (κ3) is 5.01. The van der Waals surface area contributed by atoms with Crippen LogP contribution in [-0.4, -0.2) is 38.2 Å². The quantitative estimate of drug-likeness (QED) is 0.360. The summed E-state index contributed by atoms with van der Waals surface area (Å²) in [6.45, 7) is 10.4. The van der Waals surface area contributed by atoms with Crippen molar-refractivity contribution in [1.29, 1.82) is 0 Å². The van der Waals surface area contributed by atoms with Crippen molar-refractivity contribution < 1.29 is 23.7 Å². The van der Waals surface area contributed by atoms with Crippen molar-refractivity contribution in [3.8, 4) is 23.0 Å². The van der Waals surface area contributed by atoms with E-state index in [-0.39, 0.29) is 11.2 Å². The van der Waals surface area contributed by atoms with Gasteiger partial charge in [-0.25, -0.2) is 0 Å². The second-order valence-electron chi connectivity index (χ2n) is 11.0. The molecule has 0 saturated carbocycles. The van der Waals surface area contributed by atoms with Gasteiger partial charge in [-0.15, -0.1) is 0 Å². The summed E-state index contributed by atoms with van der Waals surface area (Å²) < 4.78 is 23.1. The Morgan fingerprint density at radius 1 is 1.00 bits per heavy atom. The normalized spacial score (nSPS) is 16.1. The minimum atomic E-state index is -0.0809. The highest BCUT2D eigenvalue weighted by molar-refractivity contribution is 6.15. The fraction of sp³-hybridized carbons (Fsp3) is 0.344. The van der Waals surface area contributed by atoms with Gasteiger partial charge in [0.1, 0.15) is 18.2 Å². The Morgan fingerprint density at radius 3 is 2.42 bits per heavy atom. The number of allylic oxidation sites excluding steroid dienone is 1. The highest BCUT2D eigenvalue weighted by Crippen LogP contribution is 2.44. The zero-order valence-electron chi connectivity index (χ0n) is 23.0. The van der Waals surface area contributed by atoms with E-state index in [1.165, 1.54) is 5.56 Å². The first-order valence-electron chi connectivity index (χ1n) is 12.9. The van der Waals surface area contributed by atoms with E-state index in [1.807, 2.05) is 49.4 Å². The summed E-state index contributed by atoms with van der Waals surface area (Å²) in [6.07, 6.45) is 2.65. The molecule has 3 aromatic rings. The van der Waals surface area contributed by atoms with E-state index in [0.29, 0.717) is 36.1 Å². The number of nitrogens with zero attached hydrogens (tertiary/aromatic N) is 1. The molecular formula is C32H35NO5. The van der Waals surface area contributed by atoms with Crippen LogP contribution in [0.25, 0.3) is 6.08 Å². The van der Waals surface area contributed by atoms with Gasteiger partial charge in [0.15, 0.2) is 17.3 Å². The number of benzene rings is 3. The number of carbonyl (C=O) groups excluding carboxylic acids is 1. The molecule has 2 heterocycles. The highest BCUT2D eigenvalue weighted by Gasteiger charge is 2.35. The van der Waals surface area contributed by atoms with E-state index in [4.69, 9.17) is 18.9 Å². The predicted octanol–water partition coefficient (Wildman–Crippen LogP) is 6.32. The highest BCUT2D eigenvalue weighted by atomic mass is 16.5. The number of ketones is 1. The van der Waals surface area contributed by atoms with E-state index in [1.54, 1.807) is 14.2 Å². The first kappa shape index (κ1) is 25.9. The van der Waals surface area contributed by atoms with Gasteiger partial charge < -0.3 is 18.9 Å². The summed E-state index contributed by atoms with van der Waals surface area (Å²) in [5.74, 6) is 3.11. The van der Waals surface area contributed by atoms with Crippen LogP contribution in [0.15, 0.2) is 54.3 Å². The monoisotopic (exact) mass is 513 g/mol. The Balaban J connectivity index is 1.35. The molecule has 2 aliphatic heterocycles. The van der Waals surface area contributed by atoms with E-state index in [0.717, 1.165) is 46.7 Å². The number of carbonyl (C=O) groups is 1. The minimum Gasteiger partial charge on any atom is -0.493 e. The molecule has 0 unspecified atom stereocenters. The molecule has 0 radical (unpaired) electrons. The molecule has 5 rings (SSSR count). The van der Waals surface area contributed by atoms with Crippen molar-refractivity contribution in [3.05, 3.63) is 87.7 Å². The van der Waals surface area contributed by atoms with Crippen LogP contribution in [0, 0.1) is 6.92 Å². The Labute approximate surface area is 224 Å². The Kier molecular flexibility index (Phi) is 6.93. The maximum atomic E-state index is 13.4. The number of hydrogen-bond donors (Lipinski definition) is 0. The van der Waals surface area contributed by atoms with E-state index in [2.05, 4.69) is 37.8 Å². The first-order valence-corrected chi connectivity index (χ1v) is 12.9. The summed E-state index contributed by atoms with van der Waals surface area (Å²) in [7, 11) is 3.28. The fourth-order valence-corrected chi connectivity index (χ4v) is 4.97. The van der Waals surface area contributed by atoms with Gasteiger partial charge in [-0.3, -0.25) is 9.69 Å². The third-order valence-corrected chi connectivity index (χ3v) is 7.23. The predicted molar refractivity (Wildman–Crippen MR) is 148 cm³/mol. The van der Waals surface area contributed by atoms with Crippen LogP contribution in [0.4, 0.5) is 0 Å². The van der Waals surface area contributed by atoms with Crippen molar-refractivity contribution in [2.24, 2.45) is 0 Å². The van der Waals surface area contributed by atoms with Gasteiger partial charge in [0.2, 0.25) is 5.78 Å². The molecule has 6 heteroatoms. The SMILES string of the molecule is COc1ccc(CCN2COc3cc(C)c4c(c3C2)O/C(=C/c2ccc(C(C)(C)C)cc2)C4=O)cc1OC. The lowest BCUT2D eigenvalue weighted by Crippen LogP contribution is -2.34. The smallest absolute Gasteiger partial charge is 0.232 e. The largest absolute Gasteiger partial charge is 0.493 e. The zero-order valence-corrected chi connectivity index (χ0v) is 23.0. The number of methoxy groups -OCH3 is 2. The van der Waals surface area contributed by atoms with Crippen LogP contribution in [0.1, 0.15) is 58.9 Å². The summed E-state index contributed by atoms with van der Waals surface area (Å²) in [4.78, 5) is 15.6. The average Bonchev–Trinajstić information content (AvgIpc) is 3.23. The van der Waals surface area contributed by atoms with E-state index < -0.39 is 0 Å². The van der Waals surface area contributed by atoms with Gasteiger partial charge in [0.25, 0.3) is 0 Å². The number of hydrogen-bond acceptors (Lipinski definition) is 6. The van der Waals surface area contributed by atoms with Gasteiger partial charge in [-0.05, 0) is 65.3 Å². The first-order chi connectivity index (χ1) is 18.2. The van der Waals surface area contributed by atoms with E-state index in [9.17, 15) is 4.79 Å². The molecule has 0 fully saturated rings. The second-order valence-corrected chi connectivity index (χ2v) is 11.0. The zero-order chi connectivity index (χ0) is 27.0. The van der Waals surface area contributed by atoms with Gasteiger partial charge >= 0.3 is 0 Å².